The summed E-state index contributed by atoms with van der Waals surface area (Å²) in [6.45, 7) is 2.55. The van der Waals surface area contributed by atoms with Crippen molar-refractivity contribution in [3.8, 4) is 0 Å². The predicted octanol–water partition coefficient (Wildman–Crippen LogP) is 3.29. The smallest absolute Gasteiger partial charge is 0.236 e. The lowest BCUT2D eigenvalue weighted by atomic mass is 10.2. The van der Waals surface area contributed by atoms with Crippen molar-refractivity contribution < 1.29 is 4.42 Å². The average Bonchev–Trinajstić information content (AvgIpc) is 2.97. The first-order valence-electron chi connectivity index (χ1n) is 5.82. The Kier molecular flexibility index (Phi) is 2.80. The quantitative estimate of drug-likeness (QED) is 0.727. The minimum absolute atomic E-state index is 0.566. The van der Waals surface area contributed by atoms with Gasteiger partial charge in [0.05, 0.1) is 0 Å². The molecule has 3 aromatic rings. The summed E-state index contributed by atoms with van der Waals surface area (Å²) in [5, 5.41) is 9.85. The molecule has 0 radical (unpaired) electrons. The van der Waals surface area contributed by atoms with Crippen molar-refractivity contribution in [1.82, 2.24) is 14.8 Å². The van der Waals surface area contributed by atoms with E-state index in [1.54, 1.807) is 0 Å². The van der Waals surface area contributed by atoms with Crippen LogP contribution < -0.4 is 0 Å². The first-order valence-corrected chi connectivity index (χ1v) is 6.19. The molecule has 92 valence electrons. The van der Waals surface area contributed by atoms with Crippen molar-refractivity contribution >= 4 is 22.5 Å². The zero-order chi connectivity index (χ0) is 12.5. The molecule has 0 atom stereocenters. The van der Waals surface area contributed by atoms with Gasteiger partial charge in [-0.25, -0.2) is 0 Å². The van der Waals surface area contributed by atoms with Crippen molar-refractivity contribution in [2.75, 3.05) is 0 Å². The number of hydrogen-bond donors (Lipinski definition) is 0. The number of benzene rings is 1. The second kappa shape index (κ2) is 4.46. The molecular formula is C13H12ClN3O. The van der Waals surface area contributed by atoms with E-state index in [9.17, 15) is 0 Å². The van der Waals surface area contributed by atoms with Gasteiger partial charge >= 0.3 is 0 Å². The number of halogens is 1. The topological polar surface area (TPSA) is 43.9 Å². The summed E-state index contributed by atoms with van der Waals surface area (Å²) < 4.78 is 7.56. The van der Waals surface area contributed by atoms with E-state index in [1.807, 2.05) is 42.0 Å². The number of fused-ring (bicyclic) bond motifs is 1. The van der Waals surface area contributed by atoms with E-state index in [4.69, 9.17) is 16.0 Å². The standard InChI is InChI=1S/C13H12ClN3O/c1-2-12-15-16-13(18-12)8-17-6-5-9-3-4-10(14)7-11(9)17/h3-7H,2,8H2,1H3. The number of nitrogens with zero attached hydrogens (tertiary/aromatic N) is 3. The monoisotopic (exact) mass is 261 g/mol. The zero-order valence-electron chi connectivity index (χ0n) is 9.93. The average molecular weight is 262 g/mol. The maximum Gasteiger partial charge on any atom is 0.236 e. The second-order valence-electron chi connectivity index (χ2n) is 4.09. The minimum Gasteiger partial charge on any atom is -0.423 e. The van der Waals surface area contributed by atoms with E-state index >= 15 is 0 Å². The van der Waals surface area contributed by atoms with E-state index in [2.05, 4.69) is 10.2 Å². The van der Waals surface area contributed by atoms with Crippen LogP contribution in [-0.2, 0) is 13.0 Å². The van der Waals surface area contributed by atoms with Crippen molar-refractivity contribution in [3.05, 3.63) is 47.3 Å². The SMILES string of the molecule is CCc1nnc(Cn2ccc3ccc(Cl)cc32)o1. The highest BCUT2D eigenvalue weighted by atomic mass is 35.5. The molecule has 0 amide bonds. The lowest BCUT2D eigenvalue weighted by Crippen LogP contribution is -1.98. The Balaban J connectivity index is 1.96. The molecule has 0 saturated heterocycles. The summed E-state index contributed by atoms with van der Waals surface area (Å²) in [4.78, 5) is 0. The van der Waals surface area contributed by atoms with E-state index < -0.39 is 0 Å². The molecule has 2 aromatic heterocycles. The largest absolute Gasteiger partial charge is 0.423 e. The molecule has 0 saturated carbocycles. The third-order valence-corrected chi connectivity index (χ3v) is 3.09. The van der Waals surface area contributed by atoms with Gasteiger partial charge < -0.3 is 8.98 Å². The van der Waals surface area contributed by atoms with Gasteiger partial charge in [0.25, 0.3) is 0 Å². The van der Waals surface area contributed by atoms with Gasteiger partial charge in [-0.05, 0) is 23.6 Å². The zero-order valence-corrected chi connectivity index (χ0v) is 10.7. The third kappa shape index (κ3) is 1.99. The molecule has 2 heterocycles. The predicted molar refractivity (Wildman–Crippen MR) is 69.7 cm³/mol. The van der Waals surface area contributed by atoms with E-state index in [0.29, 0.717) is 18.3 Å². The van der Waals surface area contributed by atoms with E-state index in [1.165, 1.54) is 0 Å². The summed E-state index contributed by atoms with van der Waals surface area (Å²) in [5.74, 6) is 1.28. The molecule has 0 aliphatic rings. The summed E-state index contributed by atoms with van der Waals surface area (Å²) in [6.07, 6.45) is 2.75. The normalized spacial score (nSPS) is 11.2. The molecule has 0 aliphatic heterocycles. The molecule has 0 aliphatic carbocycles. The van der Waals surface area contributed by atoms with E-state index in [-0.39, 0.29) is 0 Å². The molecule has 4 nitrogen and oxygen atoms in total. The Morgan fingerprint density at radius 3 is 2.83 bits per heavy atom. The van der Waals surface area contributed by atoms with Crippen LogP contribution in [0.25, 0.3) is 10.9 Å². The van der Waals surface area contributed by atoms with E-state index in [0.717, 1.165) is 22.3 Å². The molecule has 0 N–H and O–H groups in total. The number of aryl methyl sites for hydroxylation is 1. The van der Waals surface area contributed by atoms with Gasteiger partial charge in [-0.3, -0.25) is 0 Å². The minimum atomic E-state index is 0.566. The number of rotatable bonds is 3. The van der Waals surface area contributed by atoms with Crippen molar-refractivity contribution in [2.24, 2.45) is 0 Å². The highest BCUT2D eigenvalue weighted by molar-refractivity contribution is 6.31. The van der Waals surface area contributed by atoms with Gasteiger partial charge in [-0.15, -0.1) is 10.2 Å². The second-order valence-corrected chi connectivity index (χ2v) is 4.53. The van der Waals surface area contributed by atoms with Gasteiger partial charge in [0.1, 0.15) is 6.54 Å². The fraction of sp³-hybridized carbons (Fsp3) is 0.231. The van der Waals surface area contributed by atoms with Crippen LogP contribution in [0.3, 0.4) is 0 Å². The van der Waals surface area contributed by atoms with Crippen molar-refractivity contribution in [2.45, 2.75) is 19.9 Å². The van der Waals surface area contributed by atoms with Gasteiger partial charge in [0, 0.05) is 23.2 Å². The van der Waals surface area contributed by atoms with Gasteiger partial charge in [-0.2, -0.15) is 0 Å². The lowest BCUT2D eigenvalue weighted by Gasteiger charge is -2.01. The molecule has 0 spiro atoms. The number of hydrogen-bond acceptors (Lipinski definition) is 3. The highest BCUT2D eigenvalue weighted by Gasteiger charge is 2.07. The molecule has 0 fully saturated rings. The highest BCUT2D eigenvalue weighted by Crippen LogP contribution is 2.21. The molecule has 3 rings (SSSR count). The molecule has 0 unspecified atom stereocenters. The first kappa shape index (κ1) is 11.3. The van der Waals surface area contributed by atoms with Crippen LogP contribution in [0.4, 0.5) is 0 Å². The maximum absolute atomic E-state index is 6.01. The van der Waals surface area contributed by atoms with Crippen molar-refractivity contribution in [3.63, 3.8) is 0 Å². The lowest BCUT2D eigenvalue weighted by molar-refractivity contribution is 0.444. The molecule has 18 heavy (non-hydrogen) atoms. The van der Waals surface area contributed by atoms with Crippen LogP contribution >= 0.6 is 11.6 Å². The van der Waals surface area contributed by atoms with Crippen LogP contribution in [0.1, 0.15) is 18.7 Å². The van der Waals surface area contributed by atoms with Crippen LogP contribution in [0.5, 0.6) is 0 Å². The third-order valence-electron chi connectivity index (χ3n) is 2.85. The van der Waals surface area contributed by atoms with Crippen LogP contribution in [-0.4, -0.2) is 14.8 Å². The fourth-order valence-corrected chi connectivity index (χ4v) is 2.10. The van der Waals surface area contributed by atoms with Crippen LogP contribution in [0.15, 0.2) is 34.9 Å². The van der Waals surface area contributed by atoms with Crippen LogP contribution in [0.2, 0.25) is 5.02 Å². The fourth-order valence-electron chi connectivity index (χ4n) is 1.94. The first-order chi connectivity index (χ1) is 8.76. The molecule has 0 bridgehead atoms. The maximum atomic E-state index is 6.01. The van der Waals surface area contributed by atoms with Gasteiger partial charge in [0.2, 0.25) is 11.8 Å². The van der Waals surface area contributed by atoms with Crippen LogP contribution in [0, 0.1) is 0 Å². The van der Waals surface area contributed by atoms with Gasteiger partial charge in [-0.1, -0.05) is 24.6 Å². The summed E-state index contributed by atoms with van der Waals surface area (Å²) in [7, 11) is 0. The van der Waals surface area contributed by atoms with Crippen molar-refractivity contribution in [1.29, 1.82) is 0 Å². The Hall–Kier alpha value is -1.81. The Labute approximate surface area is 109 Å². The van der Waals surface area contributed by atoms with Gasteiger partial charge in [0.15, 0.2) is 0 Å². The molecule has 5 heteroatoms. The molecule has 1 aromatic carbocycles. The number of aromatic nitrogens is 3. The Bertz CT molecular complexity index is 686. The summed E-state index contributed by atoms with van der Waals surface area (Å²) in [6, 6.07) is 7.87. The summed E-state index contributed by atoms with van der Waals surface area (Å²) >= 11 is 6.01. The molecular weight excluding hydrogens is 250 g/mol. The Morgan fingerprint density at radius 1 is 1.22 bits per heavy atom. The summed E-state index contributed by atoms with van der Waals surface area (Å²) in [5.41, 5.74) is 1.07. The Morgan fingerprint density at radius 2 is 2.06 bits per heavy atom.